The number of thiazole rings is 1. The summed E-state index contributed by atoms with van der Waals surface area (Å²) < 4.78 is 13.7. The SMILES string of the molecule is O=C(Nc1nc(-c2ccccn2)cs1)c1c(F)cccc1Cl. The van der Waals surface area contributed by atoms with Crippen LogP contribution in [0.25, 0.3) is 11.4 Å². The second-order valence-electron chi connectivity index (χ2n) is 4.30. The summed E-state index contributed by atoms with van der Waals surface area (Å²) in [4.78, 5) is 20.6. The van der Waals surface area contributed by atoms with Gasteiger partial charge in [-0.15, -0.1) is 11.3 Å². The third kappa shape index (κ3) is 2.98. The number of rotatable bonds is 3. The largest absolute Gasteiger partial charge is 0.298 e. The van der Waals surface area contributed by atoms with Gasteiger partial charge >= 0.3 is 0 Å². The van der Waals surface area contributed by atoms with Crippen molar-refractivity contribution in [2.75, 3.05) is 5.32 Å². The van der Waals surface area contributed by atoms with Crippen LogP contribution in [-0.2, 0) is 0 Å². The van der Waals surface area contributed by atoms with E-state index in [1.165, 1.54) is 29.5 Å². The number of carbonyl (C=O) groups excluding carboxylic acids is 1. The van der Waals surface area contributed by atoms with Gasteiger partial charge in [-0.25, -0.2) is 9.37 Å². The van der Waals surface area contributed by atoms with E-state index >= 15 is 0 Å². The van der Waals surface area contributed by atoms with Crippen LogP contribution in [0.2, 0.25) is 5.02 Å². The molecule has 0 spiro atoms. The predicted molar refractivity (Wildman–Crippen MR) is 84.7 cm³/mol. The predicted octanol–water partition coefficient (Wildman–Crippen LogP) is 4.25. The van der Waals surface area contributed by atoms with Crippen LogP contribution in [0.3, 0.4) is 0 Å². The summed E-state index contributed by atoms with van der Waals surface area (Å²) in [6.07, 6.45) is 1.66. The molecule has 0 bridgehead atoms. The van der Waals surface area contributed by atoms with Crippen molar-refractivity contribution in [1.82, 2.24) is 9.97 Å². The van der Waals surface area contributed by atoms with Gasteiger partial charge in [0.15, 0.2) is 5.13 Å². The zero-order valence-corrected chi connectivity index (χ0v) is 12.7. The summed E-state index contributed by atoms with van der Waals surface area (Å²) in [5, 5.41) is 4.72. The van der Waals surface area contributed by atoms with Gasteiger partial charge in [0, 0.05) is 11.6 Å². The van der Waals surface area contributed by atoms with E-state index in [4.69, 9.17) is 11.6 Å². The van der Waals surface area contributed by atoms with Crippen LogP contribution in [0.15, 0.2) is 48.0 Å². The number of hydrogen-bond donors (Lipinski definition) is 1. The van der Waals surface area contributed by atoms with Crippen molar-refractivity contribution >= 4 is 34.0 Å². The summed E-state index contributed by atoms with van der Waals surface area (Å²) in [6, 6.07) is 9.55. The first kappa shape index (κ1) is 14.6. The third-order valence-corrected chi connectivity index (χ3v) is 3.91. The smallest absolute Gasteiger partial charge is 0.261 e. The molecular formula is C15H9ClFN3OS. The van der Waals surface area contributed by atoms with Crippen LogP contribution >= 0.6 is 22.9 Å². The zero-order valence-electron chi connectivity index (χ0n) is 11.1. The minimum absolute atomic E-state index is 0.0546. The molecule has 0 aliphatic rings. The van der Waals surface area contributed by atoms with E-state index < -0.39 is 11.7 Å². The first-order valence-corrected chi connectivity index (χ1v) is 7.53. The molecule has 2 heterocycles. The highest BCUT2D eigenvalue weighted by Crippen LogP contribution is 2.25. The Kier molecular flexibility index (Phi) is 4.13. The van der Waals surface area contributed by atoms with Crippen LogP contribution < -0.4 is 5.32 Å². The second-order valence-corrected chi connectivity index (χ2v) is 5.57. The number of hydrogen-bond acceptors (Lipinski definition) is 4. The quantitative estimate of drug-likeness (QED) is 0.779. The molecule has 2 aromatic heterocycles. The lowest BCUT2D eigenvalue weighted by molar-refractivity contribution is 0.102. The molecule has 4 nitrogen and oxygen atoms in total. The van der Waals surface area contributed by atoms with Crippen molar-refractivity contribution < 1.29 is 9.18 Å². The molecule has 0 unspecified atom stereocenters. The first-order chi connectivity index (χ1) is 10.6. The molecule has 1 amide bonds. The van der Waals surface area contributed by atoms with E-state index in [9.17, 15) is 9.18 Å². The van der Waals surface area contributed by atoms with Gasteiger partial charge in [0.1, 0.15) is 11.5 Å². The highest BCUT2D eigenvalue weighted by atomic mass is 35.5. The fourth-order valence-corrected chi connectivity index (χ4v) is 2.79. The van der Waals surface area contributed by atoms with E-state index in [2.05, 4.69) is 15.3 Å². The van der Waals surface area contributed by atoms with Gasteiger partial charge in [0.25, 0.3) is 5.91 Å². The van der Waals surface area contributed by atoms with Crippen molar-refractivity contribution in [3.8, 4) is 11.4 Å². The van der Waals surface area contributed by atoms with E-state index in [0.29, 0.717) is 16.5 Å². The number of nitrogens with zero attached hydrogens (tertiary/aromatic N) is 2. The number of halogens is 2. The second kappa shape index (κ2) is 6.21. The maximum absolute atomic E-state index is 13.7. The Balaban J connectivity index is 1.82. The number of benzene rings is 1. The normalized spacial score (nSPS) is 10.5. The summed E-state index contributed by atoms with van der Waals surface area (Å²) in [6.45, 7) is 0. The number of anilines is 1. The monoisotopic (exact) mass is 333 g/mol. The van der Waals surface area contributed by atoms with Crippen LogP contribution in [0.1, 0.15) is 10.4 Å². The molecule has 3 rings (SSSR count). The van der Waals surface area contributed by atoms with E-state index in [0.717, 1.165) is 0 Å². The van der Waals surface area contributed by atoms with Crippen LogP contribution in [-0.4, -0.2) is 15.9 Å². The Morgan fingerprint density at radius 1 is 1.18 bits per heavy atom. The minimum atomic E-state index is -0.675. The van der Waals surface area contributed by atoms with Gasteiger partial charge in [-0.3, -0.25) is 15.1 Å². The lowest BCUT2D eigenvalue weighted by Gasteiger charge is -2.04. The molecule has 1 N–H and O–H groups in total. The summed E-state index contributed by atoms with van der Waals surface area (Å²) in [5.41, 5.74) is 1.14. The average Bonchev–Trinajstić information content (AvgIpc) is 2.96. The molecule has 110 valence electrons. The fraction of sp³-hybridized carbons (Fsp3) is 0. The van der Waals surface area contributed by atoms with Gasteiger partial charge in [-0.1, -0.05) is 23.7 Å². The first-order valence-electron chi connectivity index (χ1n) is 6.27. The minimum Gasteiger partial charge on any atom is -0.298 e. The molecular weight excluding hydrogens is 325 g/mol. The molecule has 0 saturated carbocycles. The van der Waals surface area contributed by atoms with Crippen molar-refractivity contribution in [1.29, 1.82) is 0 Å². The Bertz CT molecular complexity index is 802. The Labute approximate surface area is 134 Å². The van der Waals surface area contributed by atoms with Gasteiger partial charge < -0.3 is 0 Å². The van der Waals surface area contributed by atoms with Crippen molar-refractivity contribution in [3.05, 3.63) is 64.4 Å². The van der Waals surface area contributed by atoms with Crippen LogP contribution in [0.5, 0.6) is 0 Å². The standard InChI is InChI=1S/C15H9ClFN3OS/c16-9-4-3-5-10(17)13(9)14(21)20-15-19-12(8-22-15)11-6-1-2-7-18-11/h1-8H,(H,19,20,21). The van der Waals surface area contributed by atoms with Gasteiger partial charge in [0.2, 0.25) is 0 Å². The van der Waals surface area contributed by atoms with Crippen LogP contribution in [0, 0.1) is 5.82 Å². The molecule has 0 radical (unpaired) electrons. The molecule has 0 fully saturated rings. The fourth-order valence-electron chi connectivity index (χ4n) is 1.84. The molecule has 0 atom stereocenters. The van der Waals surface area contributed by atoms with Gasteiger partial charge in [0.05, 0.1) is 16.3 Å². The highest BCUT2D eigenvalue weighted by Gasteiger charge is 2.17. The molecule has 22 heavy (non-hydrogen) atoms. The number of pyridine rings is 1. The highest BCUT2D eigenvalue weighted by molar-refractivity contribution is 7.14. The average molecular weight is 334 g/mol. The summed E-state index contributed by atoms with van der Waals surface area (Å²) >= 11 is 7.09. The third-order valence-electron chi connectivity index (χ3n) is 2.84. The van der Waals surface area contributed by atoms with Gasteiger partial charge in [-0.2, -0.15) is 0 Å². The van der Waals surface area contributed by atoms with E-state index in [1.807, 2.05) is 12.1 Å². The molecule has 3 aromatic rings. The maximum atomic E-state index is 13.7. The maximum Gasteiger partial charge on any atom is 0.261 e. The molecule has 7 heteroatoms. The lowest BCUT2D eigenvalue weighted by Crippen LogP contribution is -2.14. The molecule has 0 saturated heterocycles. The number of aromatic nitrogens is 2. The van der Waals surface area contributed by atoms with Gasteiger partial charge in [-0.05, 0) is 24.3 Å². The molecule has 0 aliphatic carbocycles. The topological polar surface area (TPSA) is 54.9 Å². The number of nitrogens with one attached hydrogen (secondary N) is 1. The lowest BCUT2D eigenvalue weighted by atomic mass is 10.2. The Morgan fingerprint density at radius 2 is 2.05 bits per heavy atom. The molecule has 0 aliphatic heterocycles. The van der Waals surface area contributed by atoms with Crippen molar-refractivity contribution in [2.24, 2.45) is 0 Å². The van der Waals surface area contributed by atoms with Crippen LogP contribution in [0.4, 0.5) is 9.52 Å². The Hall–Kier alpha value is -2.31. The number of amides is 1. The van der Waals surface area contributed by atoms with E-state index in [1.54, 1.807) is 17.6 Å². The summed E-state index contributed by atoms with van der Waals surface area (Å²) in [7, 11) is 0. The summed E-state index contributed by atoms with van der Waals surface area (Å²) in [5.74, 6) is -1.31. The van der Waals surface area contributed by atoms with Crippen molar-refractivity contribution in [3.63, 3.8) is 0 Å². The number of carbonyl (C=O) groups is 1. The Morgan fingerprint density at radius 3 is 2.77 bits per heavy atom. The van der Waals surface area contributed by atoms with Crippen molar-refractivity contribution in [2.45, 2.75) is 0 Å². The van der Waals surface area contributed by atoms with E-state index in [-0.39, 0.29) is 10.6 Å². The molecule has 1 aromatic carbocycles. The zero-order chi connectivity index (χ0) is 15.5.